The van der Waals surface area contributed by atoms with Crippen molar-refractivity contribution in [2.24, 2.45) is 0 Å². The highest BCUT2D eigenvalue weighted by atomic mass is 35.5. The van der Waals surface area contributed by atoms with Gasteiger partial charge in [-0.3, -0.25) is 4.79 Å². The summed E-state index contributed by atoms with van der Waals surface area (Å²) in [6.07, 6.45) is 0.536. The fourth-order valence-electron chi connectivity index (χ4n) is 1.98. The lowest BCUT2D eigenvalue weighted by Gasteiger charge is -2.23. The van der Waals surface area contributed by atoms with Crippen LogP contribution in [0.25, 0.3) is 0 Å². The summed E-state index contributed by atoms with van der Waals surface area (Å²) in [7, 11) is -1.81. The third-order valence-corrected chi connectivity index (χ3v) is 4.77. The number of sulfonamides is 1. The maximum Gasteiger partial charge on any atom is 0.224 e. The monoisotopic (exact) mass is 348 g/mol. The zero-order chi connectivity index (χ0) is 16.8. The van der Waals surface area contributed by atoms with E-state index < -0.39 is 10.0 Å². The number of nitrogens with zero attached hydrogens (tertiary/aromatic N) is 1. The second-order valence-corrected chi connectivity index (χ2v) is 7.06. The average Bonchev–Trinajstić information content (AvgIpc) is 2.43. The van der Waals surface area contributed by atoms with Crippen LogP contribution in [0, 0.1) is 0 Å². The summed E-state index contributed by atoms with van der Waals surface area (Å²) in [5.41, 5.74) is 0.511. The lowest BCUT2D eigenvalue weighted by Crippen LogP contribution is -2.38. The van der Waals surface area contributed by atoms with Crippen molar-refractivity contribution >= 4 is 33.2 Å². The lowest BCUT2D eigenvalue weighted by atomic mass is 10.2. The zero-order valence-corrected chi connectivity index (χ0v) is 14.5. The van der Waals surface area contributed by atoms with Gasteiger partial charge < -0.3 is 9.64 Å². The molecule has 0 saturated carbocycles. The largest absolute Gasteiger partial charge is 0.495 e. The molecule has 6 nitrogen and oxygen atoms in total. The van der Waals surface area contributed by atoms with E-state index in [1.165, 1.54) is 18.9 Å². The van der Waals surface area contributed by atoms with Crippen LogP contribution in [0.15, 0.2) is 18.2 Å². The molecule has 124 valence electrons. The fraction of sp³-hybridized carbons (Fsp3) is 0.500. The van der Waals surface area contributed by atoms with Gasteiger partial charge in [0.2, 0.25) is 15.9 Å². The molecule has 1 aromatic rings. The molecule has 0 bridgehead atoms. The van der Waals surface area contributed by atoms with Gasteiger partial charge in [-0.1, -0.05) is 18.5 Å². The summed E-state index contributed by atoms with van der Waals surface area (Å²) in [5, 5.41) is 0.466. The van der Waals surface area contributed by atoms with Gasteiger partial charge in [-0.15, -0.1) is 0 Å². The number of carbonyl (C=O) groups is 1. The van der Waals surface area contributed by atoms with Gasteiger partial charge in [-0.25, -0.2) is 13.1 Å². The van der Waals surface area contributed by atoms with Crippen molar-refractivity contribution in [3.63, 3.8) is 0 Å². The minimum atomic E-state index is -3.30. The second-order valence-electron chi connectivity index (χ2n) is 4.70. The molecule has 0 saturated heterocycles. The van der Waals surface area contributed by atoms with Crippen LogP contribution < -0.4 is 14.4 Å². The summed E-state index contributed by atoms with van der Waals surface area (Å²) in [6, 6.07) is 4.93. The van der Waals surface area contributed by atoms with E-state index >= 15 is 0 Å². The van der Waals surface area contributed by atoms with E-state index in [-0.39, 0.29) is 24.7 Å². The van der Waals surface area contributed by atoms with E-state index in [4.69, 9.17) is 16.3 Å². The molecule has 0 heterocycles. The number of methoxy groups -OCH3 is 1. The van der Waals surface area contributed by atoms with Crippen LogP contribution in [0.1, 0.15) is 20.3 Å². The van der Waals surface area contributed by atoms with Crippen LogP contribution in [0.3, 0.4) is 0 Å². The highest BCUT2D eigenvalue weighted by molar-refractivity contribution is 7.89. The molecule has 0 spiro atoms. The molecule has 0 aliphatic heterocycles. The summed E-state index contributed by atoms with van der Waals surface area (Å²) in [4.78, 5) is 13.3. The van der Waals surface area contributed by atoms with Crippen molar-refractivity contribution in [2.75, 3.05) is 30.9 Å². The van der Waals surface area contributed by atoms with E-state index in [0.29, 0.717) is 22.9 Å². The van der Waals surface area contributed by atoms with E-state index in [1.54, 1.807) is 25.1 Å². The first kappa shape index (κ1) is 18.7. The summed E-state index contributed by atoms with van der Waals surface area (Å²) < 4.78 is 31.0. The third kappa shape index (κ3) is 5.47. The molecule has 0 fully saturated rings. The number of hydrogen-bond acceptors (Lipinski definition) is 4. The highest BCUT2D eigenvalue weighted by Gasteiger charge is 2.17. The summed E-state index contributed by atoms with van der Waals surface area (Å²) in [5.74, 6) is 0.333. The molecule has 1 aromatic carbocycles. The Morgan fingerprint density at radius 2 is 2.09 bits per heavy atom. The number of nitrogens with one attached hydrogen (secondary N) is 1. The first-order valence-electron chi connectivity index (χ1n) is 6.89. The van der Waals surface area contributed by atoms with Crippen molar-refractivity contribution < 1.29 is 17.9 Å². The second kappa shape index (κ2) is 8.36. The van der Waals surface area contributed by atoms with Crippen molar-refractivity contribution in [3.05, 3.63) is 23.2 Å². The molecule has 0 unspecified atom stereocenters. The Bertz CT molecular complexity index is 619. The van der Waals surface area contributed by atoms with Gasteiger partial charge in [-0.05, 0) is 24.6 Å². The SMILES string of the molecule is CCCS(=O)(=O)NCCN(C(C)=O)c1cc(Cl)ccc1OC. The van der Waals surface area contributed by atoms with Crippen molar-refractivity contribution in [1.82, 2.24) is 4.72 Å². The van der Waals surface area contributed by atoms with Crippen molar-refractivity contribution in [2.45, 2.75) is 20.3 Å². The Labute approximate surface area is 136 Å². The summed E-state index contributed by atoms with van der Waals surface area (Å²) in [6.45, 7) is 3.51. The molecular formula is C14H21ClN2O4S. The number of amides is 1. The van der Waals surface area contributed by atoms with Crippen molar-refractivity contribution in [3.8, 4) is 5.75 Å². The number of halogens is 1. The zero-order valence-electron chi connectivity index (χ0n) is 12.9. The van der Waals surface area contributed by atoms with E-state index in [0.717, 1.165) is 0 Å². The van der Waals surface area contributed by atoms with Crippen LogP contribution in [0.4, 0.5) is 5.69 Å². The molecule has 0 atom stereocenters. The fourth-order valence-corrected chi connectivity index (χ4v) is 3.23. The Kier molecular flexibility index (Phi) is 7.12. The Hall–Kier alpha value is -1.31. The van der Waals surface area contributed by atoms with Gasteiger partial charge >= 0.3 is 0 Å². The molecular weight excluding hydrogens is 328 g/mol. The predicted octanol–water partition coefficient (Wildman–Crippen LogP) is 2.03. The topological polar surface area (TPSA) is 75.7 Å². The van der Waals surface area contributed by atoms with Crippen LogP contribution >= 0.6 is 11.6 Å². The minimum absolute atomic E-state index is 0.0631. The molecule has 1 rings (SSSR count). The standard InChI is InChI=1S/C14H21ClN2O4S/c1-4-9-22(19,20)16-7-8-17(11(2)18)13-10-12(15)5-6-14(13)21-3/h5-6,10,16H,4,7-9H2,1-3H3. The smallest absolute Gasteiger partial charge is 0.224 e. The normalized spacial score (nSPS) is 11.3. The third-order valence-electron chi connectivity index (χ3n) is 2.94. The van der Waals surface area contributed by atoms with Gasteiger partial charge in [0.05, 0.1) is 18.6 Å². The van der Waals surface area contributed by atoms with Gasteiger partial charge in [0.25, 0.3) is 0 Å². The van der Waals surface area contributed by atoms with Gasteiger partial charge in [0.15, 0.2) is 0 Å². The molecule has 0 aliphatic carbocycles. The highest BCUT2D eigenvalue weighted by Crippen LogP contribution is 2.31. The number of benzene rings is 1. The Balaban J connectivity index is 2.87. The molecule has 8 heteroatoms. The van der Waals surface area contributed by atoms with Crippen molar-refractivity contribution in [1.29, 1.82) is 0 Å². The number of hydrogen-bond donors (Lipinski definition) is 1. The lowest BCUT2D eigenvalue weighted by molar-refractivity contribution is -0.116. The molecule has 22 heavy (non-hydrogen) atoms. The summed E-state index contributed by atoms with van der Waals surface area (Å²) >= 11 is 5.97. The number of carbonyl (C=O) groups excluding carboxylic acids is 1. The van der Waals surface area contributed by atoms with Crippen LogP contribution in [0.2, 0.25) is 5.02 Å². The quantitative estimate of drug-likeness (QED) is 0.780. The van der Waals surface area contributed by atoms with Gasteiger partial charge in [0, 0.05) is 25.0 Å². The Morgan fingerprint density at radius 3 is 2.64 bits per heavy atom. The van der Waals surface area contributed by atoms with Crippen LogP contribution in [-0.2, 0) is 14.8 Å². The first-order chi connectivity index (χ1) is 10.3. The number of anilines is 1. The van der Waals surface area contributed by atoms with Crippen LogP contribution in [-0.4, -0.2) is 40.3 Å². The van der Waals surface area contributed by atoms with E-state index in [2.05, 4.69) is 4.72 Å². The van der Waals surface area contributed by atoms with E-state index in [9.17, 15) is 13.2 Å². The first-order valence-corrected chi connectivity index (χ1v) is 8.92. The maximum atomic E-state index is 11.9. The van der Waals surface area contributed by atoms with Crippen LogP contribution in [0.5, 0.6) is 5.75 Å². The number of rotatable bonds is 8. The Morgan fingerprint density at radius 1 is 1.41 bits per heavy atom. The van der Waals surface area contributed by atoms with E-state index in [1.807, 2.05) is 0 Å². The molecule has 0 aromatic heterocycles. The average molecular weight is 349 g/mol. The molecule has 0 radical (unpaired) electrons. The number of ether oxygens (including phenoxy) is 1. The van der Waals surface area contributed by atoms with Gasteiger partial charge in [0.1, 0.15) is 5.75 Å². The predicted molar refractivity (Wildman–Crippen MR) is 88.1 cm³/mol. The maximum absolute atomic E-state index is 11.9. The molecule has 0 aliphatic rings. The molecule has 1 N–H and O–H groups in total. The minimum Gasteiger partial charge on any atom is -0.495 e. The molecule has 1 amide bonds. The van der Waals surface area contributed by atoms with Gasteiger partial charge in [-0.2, -0.15) is 0 Å².